The molecule has 1 N–H and O–H groups in total. The second kappa shape index (κ2) is 6.45. The maximum absolute atomic E-state index is 13.3. The molecule has 4 nitrogen and oxygen atoms in total. The molecule has 1 aromatic carbocycles. The molecule has 0 fully saturated rings. The van der Waals surface area contributed by atoms with Crippen molar-refractivity contribution < 1.29 is 26.7 Å². The number of nitrogens with one attached hydrogen (secondary N) is 1. The number of thiazole rings is 1. The minimum absolute atomic E-state index is 0.0888. The molecule has 4 rings (SSSR count). The van der Waals surface area contributed by atoms with E-state index in [1.807, 2.05) is 0 Å². The van der Waals surface area contributed by atoms with Crippen LogP contribution in [0.4, 0.5) is 27.1 Å². The van der Waals surface area contributed by atoms with E-state index in [-0.39, 0.29) is 20.4 Å². The van der Waals surface area contributed by atoms with Gasteiger partial charge in [0.05, 0.1) is 15.1 Å². The third kappa shape index (κ3) is 3.20. The highest BCUT2D eigenvalue weighted by Crippen LogP contribution is 2.35. The van der Waals surface area contributed by atoms with Gasteiger partial charge in [0.25, 0.3) is 5.91 Å². The molecule has 0 unspecified atom stereocenters. The van der Waals surface area contributed by atoms with Crippen molar-refractivity contribution in [3.8, 4) is 0 Å². The van der Waals surface area contributed by atoms with E-state index in [0.717, 1.165) is 40.9 Å². The van der Waals surface area contributed by atoms with E-state index >= 15 is 0 Å². The summed E-state index contributed by atoms with van der Waals surface area (Å²) < 4.78 is 65.4. The second-order valence-corrected chi connectivity index (χ2v) is 7.84. The molecule has 0 saturated carbocycles. The summed E-state index contributed by atoms with van der Waals surface area (Å²) in [4.78, 5) is 20.5. The maximum atomic E-state index is 13.3. The monoisotopic (exact) mass is 429 g/mol. The number of thiophene rings is 1. The van der Waals surface area contributed by atoms with Crippen molar-refractivity contribution in [3.63, 3.8) is 0 Å². The van der Waals surface area contributed by atoms with Crippen molar-refractivity contribution in [2.24, 2.45) is 0 Å². The molecule has 0 aliphatic carbocycles. The number of anilines is 1. The molecule has 0 aliphatic heterocycles. The Hall–Kier alpha value is -2.66. The number of amides is 1. The van der Waals surface area contributed by atoms with Crippen molar-refractivity contribution in [3.05, 3.63) is 52.0 Å². The van der Waals surface area contributed by atoms with Crippen molar-refractivity contribution in [2.75, 3.05) is 5.32 Å². The van der Waals surface area contributed by atoms with E-state index in [1.165, 1.54) is 6.07 Å². The Morgan fingerprint density at radius 3 is 2.50 bits per heavy atom. The summed E-state index contributed by atoms with van der Waals surface area (Å²) in [7, 11) is 0. The molecular formula is C17H8F5N3OS2. The van der Waals surface area contributed by atoms with Gasteiger partial charge in [-0.15, -0.1) is 11.3 Å². The summed E-state index contributed by atoms with van der Waals surface area (Å²) in [6, 6.07) is 4.03. The summed E-state index contributed by atoms with van der Waals surface area (Å²) in [5.74, 6) is -2.67. The lowest BCUT2D eigenvalue weighted by Gasteiger charge is -2.04. The van der Waals surface area contributed by atoms with Gasteiger partial charge < -0.3 is 0 Å². The van der Waals surface area contributed by atoms with Crippen LogP contribution >= 0.6 is 22.7 Å². The van der Waals surface area contributed by atoms with Gasteiger partial charge >= 0.3 is 6.18 Å². The van der Waals surface area contributed by atoms with E-state index < -0.39 is 29.4 Å². The van der Waals surface area contributed by atoms with Gasteiger partial charge in [0, 0.05) is 11.5 Å². The number of aryl methyl sites for hydroxylation is 1. The average Bonchev–Trinajstić information content (AvgIpc) is 3.14. The van der Waals surface area contributed by atoms with Crippen LogP contribution in [0.2, 0.25) is 0 Å². The molecule has 1 amide bonds. The summed E-state index contributed by atoms with van der Waals surface area (Å²) >= 11 is 1.78. The van der Waals surface area contributed by atoms with E-state index in [1.54, 1.807) is 6.92 Å². The fraction of sp³-hybridized carbons (Fsp3) is 0.118. The molecule has 0 bridgehead atoms. The lowest BCUT2D eigenvalue weighted by atomic mass is 10.2. The number of pyridine rings is 1. The summed E-state index contributed by atoms with van der Waals surface area (Å²) in [5, 5.41) is 3.07. The van der Waals surface area contributed by atoms with Gasteiger partial charge in [0.1, 0.15) is 10.5 Å². The summed E-state index contributed by atoms with van der Waals surface area (Å²) in [6.07, 6.45) is -4.58. The van der Waals surface area contributed by atoms with E-state index in [4.69, 9.17) is 0 Å². The second-order valence-electron chi connectivity index (χ2n) is 5.81. The smallest absolute Gasteiger partial charge is 0.297 e. The number of hydrogen-bond donors (Lipinski definition) is 1. The quantitative estimate of drug-likeness (QED) is 0.412. The highest BCUT2D eigenvalue weighted by Gasteiger charge is 2.33. The summed E-state index contributed by atoms with van der Waals surface area (Å²) in [6.45, 7) is 1.60. The van der Waals surface area contributed by atoms with Crippen LogP contribution in [0.1, 0.15) is 20.9 Å². The SMILES string of the molecule is Cc1c(C(=O)Nc2nc3cc(F)c(F)cc3s2)sc2nc(C(F)(F)F)ccc12. The predicted octanol–water partition coefficient (Wildman–Crippen LogP) is 5.76. The Labute approximate surface area is 161 Å². The van der Waals surface area contributed by atoms with Gasteiger partial charge in [-0.1, -0.05) is 11.3 Å². The molecule has 28 heavy (non-hydrogen) atoms. The molecule has 0 saturated heterocycles. The van der Waals surface area contributed by atoms with Gasteiger partial charge in [-0.25, -0.2) is 18.7 Å². The number of carbonyl (C=O) groups excluding carboxylic acids is 1. The topological polar surface area (TPSA) is 54.9 Å². The van der Waals surface area contributed by atoms with Gasteiger partial charge in [-0.05, 0) is 30.7 Å². The number of aromatic nitrogens is 2. The molecular weight excluding hydrogens is 421 g/mol. The molecule has 3 heterocycles. The van der Waals surface area contributed by atoms with Crippen LogP contribution in [-0.2, 0) is 6.18 Å². The minimum atomic E-state index is -4.58. The van der Waals surface area contributed by atoms with Gasteiger partial charge in [-0.3, -0.25) is 10.1 Å². The number of carbonyl (C=O) groups is 1. The first-order valence-electron chi connectivity index (χ1n) is 7.68. The van der Waals surface area contributed by atoms with Crippen LogP contribution in [0.15, 0.2) is 24.3 Å². The average molecular weight is 429 g/mol. The Balaban J connectivity index is 1.68. The molecule has 0 atom stereocenters. The van der Waals surface area contributed by atoms with Crippen LogP contribution < -0.4 is 5.32 Å². The number of nitrogens with zero attached hydrogens (tertiary/aromatic N) is 2. The molecule has 0 radical (unpaired) electrons. The van der Waals surface area contributed by atoms with Gasteiger partial charge in [0.2, 0.25) is 0 Å². The molecule has 0 spiro atoms. The van der Waals surface area contributed by atoms with Crippen LogP contribution in [0.25, 0.3) is 20.4 Å². The van der Waals surface area contributed by atoms with Gasteiger partial charge in [-0.2, -0.15) is 13.2 Å². The van der Waals surface area contributed by atoms with Crippen LogP contribution in [0, 0.1) is 18.6 Å². The zero-order valence-corrected chi connectivity index (χ0v) is 15.5. The first-order chi connectivity index (χ1) is 13.1. The van der Waals surface area contributed by atoms with E-state index in [0.29, 0.717) is 15.6 Å². The number of alkyl halides is 3. The number of benzene rings is 1. The Bertz CT molecular complexity index is 1210. The van der Waals surface area contributed by atoms with Crippen molar-refractivity contribution in [1.82, 2.24) is 9.97 Å². The zero-order chi connectivity index (χ0) is 20.2. The van der Waals surface area contributed by atoms with Crippen LogP contribution in [-0.4, -0.2) is 15.9 Å². The fourth-order valence-corrected chi connectivity index (χ4v) is 4.55. The van der Waals surface area contributed by atoms with Crippen molar-refractivity contribution in [2.45, 2.75) is 13.1 Å². The maximum Gasteiger partial charge on any atom is 0.433 e. The molecule has 0 aliphatic rings. The van der Waals surface area contributed by atoms with Crippen LogP contribution in [0.3, 0.4) is 0 Å². The highest BCUT2D eigenvalue weighted by molar-refractivity contribution is 7.23. The third-order valence-electron chi connectivity index (χ3n) is 3.95. The molecule has 3 aromatic heterocycles. The van der Waals surface area contributed by atoms with Crippen molar-refractivity contribution in [1.29, 1.82) is 0 Å². The molecule has 144 valence electrons. The lowest BCUT2D eigenvalue weighted by Crippen LogP contribution is -2.10. The first kappa shape index (κ1) is 18.7. The predicted molar refractivity (Wildman–Crippen MR) is 96.8 cm³/mol. The minimum Gasteiger partial charge on any atom is -0.297 e. The standard InChI is InChI=1S/C17H8F5N3OS2/c1-6-7-2-3-12(17(20,21)22)24-15(7)28-13(6)14(26)25-16-23-10-4-8(18)9(19)5-11(10)27-16/h2-5H,1H3,(H,23,25,26). The van der Waals surface area contributed by atoms with Gasteiger partial charge in [0.15, 0.2) is 16.8 Å². The first-order valence-corrected chi connectivity index (χ1v) is 9.31. The van der Waals surface area contributed by atoms with E-state index in [2.05, 4.69) is 15.3 Å². The third-order valence-corrected chi connectivity index (χ3v) is 6.09. The largest absolute Gasteiger partial charge is 0.433 e. The normalized spacial score (nSPS) is 12.1. The Morgan fingerprint density at radius 1 is 1.07 bits per heavy atom. The number of hydrogen-bond acceptors (Lipinski definition) is 5. The number of fused-ring (bicyclic) bond motifs is 2. The number of rotatable bonds is 2. The van der Waals surface area contributed by atoms with Crippen LogP contribution in [0.5, 0.6) is 0 Å². The Morgan fingerprint density at radius 2 is 1.79 bits per heavy atom. The highest BCUT2D eigenvalue weighted by atomic mass is 32.1. The lowest BCUT2D eigenvalue weighted by molar-refractivity contribution is -0.140. The molecule has 4 aromatic rings. The van der Waals surface area contributed by atoms with Crippen molar-refractivity contribution >= 4 is 54.1 Å². The number of halogens is 5. The summed E-state index contributed by atoms with van der Waals surface area (Å²) in [5.41, 5.74) is -0.371. The Kier molecular flexibility index (Phi) is 4.31. The van der Waals surface area contributed by atoms with E-state index in [9.17, 15) is 26.7 Å². The fourth-order valence-electron chi connectivity index (χ4n) is 2.60. The zero-order valence-electron chi connectivity index (χ0n) is 13.8. The molecule has 11 heteroatoms.